The second-order valence-corrected chi connectivity index (χ2v) is 5.87. The Morgan fingerprint density at radius 1 is 1.39 bits per heavy atom. The summed E-state index contributed by atoms with van der Waals surface area (Å²) in [6.07, 6.45) is 0.336. The summed E-state index contributed by atoms with van der Waals surface area (Å²) in [6, 6.07) is 7.41. The predicted octanol–water partition coefficient (Wildman–Crippen LogP) is 2.95. The number of thioether (sulfide) groups is 1. The fourth-order valence-corrected chi connectivity index (χ4v) is 2.74. The lowest BCUT2D eigenvalue weighted by atomic mass is 10.3. The van der Waals surface area contributed by atoms with Crippen LogP contribution in [0.25, 0.3) is 0 Å². The third-order valence-corrected chi connectivity index (χ3v) is 4.00. The van der Waals surface area contributed by atoms with Gasteiger partial charge in [-0.15, -0.1) is 0 Å². The van der Waals surface area contributed by atoms with Crippen LogP contribution in [-0.2, 0) is 4.79 Å². The second-order valence-electron chi connectivity index (χ2n) is 3.91. The summed E-state index contributed by atoms with van der Waals surface area (Å²) in [6.45, 7) is 1.24. The number of carbonyl (C=O) groups is 2. The van der Waals surface area contributed by atoms with Gasteiger partial charge in [-0.05, 0) is 24.3 Å². The van der Waals surface area contributed by atoms with Crippen molar-refractivity contribution in [3.05, 3.63) is 28.7 Å². The molecule has 1 fully saturated rings. The SMILES string of the molecule is O=C(CCN1CCSC1=O)Nc1ccc(Br)cc1. The number of rotatable bonds is 4. The normalized spacial score (nSPS) is 14.9. The molecule has 0 saturated carbocycles. The molecule has 6 heteroatoms. The molecule has 2 amide bonds. The smallest absolute Gasteiger partial charge is 0.281 e. The molecule has 18 heavy (non-hydrogen) atoms. The van der Waals surface area contributed by atoms with Crippen molar-refractivity contribution in [2.75, 3.05) is 24.2 Å². The highest BCUT2D eigenvalue weighted by Gasteiger charge is 2.21. The number of amides is 2. The summed E-state index contributed by atoms with van der Waals surface area (Å²) in [7, 11) is 0. The minimum Gasteiger partial charge on any atom is -0.332 e. The number of hydrogen-bond donors (Lipinski definition) is 1. The van der Waals surface area contributed by atoms with Crippen LogP contribution in [0, 0.1) is 0 Å². The van der Waals surface area contributed by atoms with Crippen LogP contribution in [0.15, 0.2) is 28.7 Å². The lowest BCUT2D eigenvalue weighted by molar-refractivity contribution is -0.116. The van der Waals surface area contributed by atoms with Gasteiger partial charge in [-0.1, -0.05) is 27.7 Å². The Morgan fingerprint density at radius 3 is 2.72 bits per heavy atom. The fourth-order valence-electron chi connectivity index (χ4n) is 1.62. The maximum Gasteiger partial charge on any atom is 0.281 e. The monoisotopic (exact) mass is 328 g/mol. The highest BCUT2D eigenvalue weighted by molar-refractivity contribution is 9.10. The predicted molar refractivity (Wildman–Crippen MR) is 76.8 cm³/mol. The summed E-state index contributed by atoms with van der Waals surface area (Å²) < 4.78 is 0.972. The molecule has 0 aliphatic carbocycles. The van der Waals surface area contributed by atoms with Crippen molar-refractivity contribution in [1.82, 2.24) is 4.90 Å². The third kappa shape index (κ3) is 3.74. The van der Waals surface area contributed by atoms with Gasteiger partial charge in [-0.25, -0.2) is 0 Å². The molecular formula is C12H13BrN2O2S. The van der Waals surface area contributed by atoms with Crippen molar-refractivity contribution in [2.24, 2.45) is 0 Å². The van der Waals surface area contributed by atoms with Gasteiger partial charge in [0.25, 0.3) is 5.24 Å². The van der Waals surface area contributed by atoms with Gasteiger partial charge in [0, 0.05) is 35.4 Å². The molecule has 1 N–H and O–H groups in total. The Labute approximate surface area is 118 Å². The van der Waals surface area contributed by atoms with E-state index in [9.17, 15) is 9.59 Å². The second kappa shape index (κ2) is 6.24. The molecule has 1 saturated heterocycles. The number of carbonyl (C=O) groups excluding carboxylic acids is 2. The first-order valence-electron chi connectivity index (χ1n) is 5.62. The minimum absolute atomic E-state index is 0.0676. The van der Waals surface area contributed by atoms with Crippen molar-refractivity contribution in [3.8, 4) is 0 Å². The first-order valence-corrected chi connectivity index (χ1v) is 7.40. The van der Waals surface area contributed by atoms with Gasteiger partial charge < -0.3 is 10.2 Å². The number of nitrogens with zero attached hydrogens (tertiary/aromatic N) is 1. The van der Waals surface area contributed by atoms with E-state index in [1.165, 1.54) is 11.8 Å². The maximum absolute atomic E-state index is 11.7. The zero-order valence-corrected chi connectivity index (χ0v) is 12.1. The lowest BCUT2D eigenvalue weighted by Crippen LogP contribution is -2.27. The molecule has 1 heterocycles. The van der Waals surface area contributed by atoms with Crippen molar-refractivity contribution < 1.29 is 9.59 Å². The number of benzene rings is 1. The number of hydrogen-bond acceptors (Lipinski definition) is 3. The van der Waals surface area contributed by atoms with Crippen LogP contribution >= 0.6 is 27.7 Å². The van der Waals surface area contributed by atoms with Crippen LogP contribution < -0.4 is 5.32 Å². The number of anilines is 1. The first kappa shape index (κ1) is 13.4. The maximum atomic E-state index is 11.7. The summed E-state index contributed by atoms with van der Waals surface area (Å²) in [4.78, 5) is 24.7. The Hall–Kier alpha value is -1.01. The molecule has 1 aromatic rings. The molecule has 0 unspecified atom stereocenters. The average molecular weight is 329 g/mol. The topological polar surface area (TPSA) is 49.4 Å². The molecule has 0 aromatic heterocycles. The third-order valence-electron chi connectivity index (χ3n) is 2.58. The Morgan fingerprint density at radius 2 is 2.11 bits per heavy atom. The van der Waals surface area contributed by atoms with E-state index in [2.05, 4.69) is 21.2 Å². The summed E-state index contributed by atoms with van der Waals surface area (Å²) in [5.41, 5.74) is 0.769. The van der Waals surface area contributed by atoms with Gasteiger partial charge in [0.05, 0.1) is 0 Å². The van der Waals surface area contributed by atoms with Gasteiger partial charge in [0.2, 0.25) is 5.91 Å². The van der Waals surface area contributed by atoms with E-state index in [1.54, 1.807) is 4.90 Å². The molecule has 0 bridgehead atoms. The zero-order chi connectivity index (χ0) is 13.0. The molecular weight excluding hydrogens is 316 g/mol. The van der Waals surface area contributed by atoms with E-state index in [4.69, 9.17) is 0 Å². The quantitative estimate of drug-likeness (QED) is 0.924. The first-order chi connectivity index (χ1) is 8.65. The van der Waals surface area contributed by atoms with Crippen LogP contribution in [0.5, 0.6) is 0 Å². The van der Waals surface area contributed by atoms with Crippen LogP contribution in [0.1, 0.15) is 6.42 Å². The van der Waals surface area contributed by atoms with E-state index in [1.807, 2.05) is 24.3 Å². The van der Waals surface area contributed by atoms with Crippen molar-refractivity contribution in [2.45, 2.75) is 6.42 Å². The molecule has 0 atom stereocenters. The van der Waals surface area contributed by atoms with Crippen LogP contribution in [0.4, 0.5) is 10.5 Å². The largest absolute Gasteiger partial charge is 0.332 e. The van der Waals surface area contributed by atoms with Crippen molar-refractivity contribution in [1.29, 1.82) is 0 Å². The van der Waals surface area contributed by atoms with Gasteiger partial charge in [-0.3, -0.25) is 9.59 Å². The van der Waals surface area contributed by atoms with Crippen LogP contribution in [0.3, 0.4) is 0 Å². The zero-order valence-electron chi connectivity index (χ0n) is 9.69. The fraction of sp³-hybridized carbons (Fsp3) is 0.333. The Bertz CT molecular complexity index is 450. The van der Waals surface area contributed by atoms with Gasteiger partial charge in [0.15, 0.2) is 0 Å². The molecule has 0 radical (unpaired) electrons. The molecule has 4 nitrogen and oxygen atoms in total. The van der Waals surface area contributed by atoms with Crippen LogP contribution in [-0.4, -0.2) is 34.9 Å². The van der Waals surface area contributed by atoms with E-state index in [-0.39, 0.29) is 11.1 Å². The van der Waals surface area contributed by atoms with Crippen molar-refractivity contribution >= 4 is 44.5 Å². The summed E-state index contributed by atoms with van der Waals surface area (Å²) in [5.74, 6) is 0.759. The van der Waals surface area contributed by atoms with Crippen LogP contribution in [0.2, 0.25) is 0 Å². The number of nitrogens with one attached hydrogen (secondary N) is 1. The van der Waals surface area contributed by atoms with Gasteiger partial charge in [-0.2, -0.15) is 0 Å². The molecule has 2 rings (SSSR count). The van der Waals surface area contributed by atoms with E-state index < -0.39 is 0 Å². The minimum atomic E-state index is -0.0676. The highest BCUT2D eigenvalue weighted by Crippen LogP contribution is 2.18. The summed E-state index contributed by atoms with van der Waals surface area (Å²) in [5, 5.41) is 2.88. The Kier molecular flexibility index (Phi) is 4.66. The highest BCUT2D eigenvalue weighted by atomic mass is 79.9. The molecule has 1 aliphatic heterocycles. The molecule has 0 spiro atoms. The number of halogens is 1. The average Bonchev–Trinajstić information content (AvgIpc) is 2.75. The molecule has 1 aromatic carbocycles. The van der Waals surface area contributed by atoms with Gasteiger partial charge >= 0.3 is 0 Å². The standard InChI is InChI=1S/C12H13BrN2O2S/c13-9-1-3-10(4-2-9)14-11(16)5-6-15-7-8-18-12(15)17/h1-4H,5-8H2,(H,14,16). The molecule has 96 valence electrons. The Balaban J connectivity index is 1.78. The summed E-state index contributed by atoms with van der Waals surface area (Å²) >= 11 is 4.65. The van der Waals surface area contributed by atoms with E-state index >= 15 is 0 Å². The molecule has 1 aliphatic rings. The van der Waals surface area contributed by atoms with Crippen molar-refractivity contribution in [3.63, 3.8) is 0 Å². The van der Waals surface area contributed by atoms with E-state index in [0.717, 1.165) is 22.5 Å². The van der Waals surface area contributed by atoms with E-state index in [0.29, 0.717) is 13.0 Å². The lowest BCUT2D eigenvalue weighted by Gasteiger charge is -2.13. The van der Waals surface area contributed by atoms with Gasteiger partial charge in [0.1, 0.15) is 0 Å².